The summed E-state index contributed by atoms with van der Waals surface area (Å²) in [5.41, 5.74) is 4.60. The van der Waals surface area contributed by atoms with Crippen LogP contribution in [0.25, 0.3) is 0 Å². The zero-order valence-corrected chi connectivity index (χ0v) is 14.4. The van der Waals surface area contributed by atoms with Gasteiger partial charge in [0.1, 0.15) is 5.69 Å². The van der Waals surface area contributed by atoms with Crippen molar-refractivity contribution in [2.45, 2.75) is 52.0 Å². The number of amides is 1. The molecule has 1 aliphatic carbocycles. The summed E-state index contributed by atoms with van der Waals surface area (Å²) in [6.45, 7) is 4.09. The Bertz CT molecular complexity index is 703. The van der Waals surface area contributed by atoms with Crippen LogP contribution in [0.15, 0.2) is 36.5 Å². The number of aromatic nitrogens is 1. The highest BCUT2D eigenvalue weighted by Gasteiger charge is 2.13. The second-order valence-corrected chi connectivity index (χ2v) is 6.66. The molecule has 0 aliphatic heterocycles. The molecule has 0 radical (unpaired) electrons. The summed E-state index contributed by atoms with van der Waals surface area (Å²) in [6, 6.07) is 10.2. The lowest BCUT2D eigenvalue weighted by Crippen LogP contribution is -2.22. The van der Waals surface area contributed by atoms with Crippen molar-refractivity contribution >= 4 is 17.3 Å². The number of hydrogen-bond donors (Lipinski definition) is 2. The first kappa shape index (κ1) is 16.5. The van der Waals surface area contributed by atoms with Crippen LogP contribution in [0.1, 0.15) is 53.7 Å². The highest BCUT2D eigenvalue weighted by molar-refractivity contribution is 6.03. The van der Waals surface area contributed by atoms with Crippen molar-refractivity contribution in [2.75, 3.05) is 10.6 Å². The summed E-state index contributed by atoms with van der Waals surface area (Å²) in [7, 11) is 0. The van der Waals surface area contributed by atoms with Gasteiger partial charge in [0.15, 0.2) is 0 Å². The Kier molecular flexibility index (Phi) is 5.14. The molecule has 1 aromatic heterocycles. The fourth-order valence-electron chi connectivity index (χ4n) is 3.11. The smallest absolute Gasteiger partial charge is 0.274 e. The number of nitrogens with zero attached hydrogens (tertiary/aromatic N) is 1. The summed E-state index contributed by atoms with van der Waals surface area (Å²) >= 11 is 0. The Morgan fingerprint density at radius 3 is 2.42 bits per heavy atom. The number of anilines is 2. The number of nitrogens with one attached hydrogen (secondary N) is 2. The quantitative estimate of drug-likeness (QED) is 0.858. The van der Waals surface area contributed by atoms with Crippen molar-refractivity contribution in [3.8, 4) is 0 Å². The summed E-state index contributed by atoms with van der Waals surface area (Å²) in [5.74, 6) is -0.178. The van der Waals surface area contributed by atoms with Crippen molar-refractivity contribution < 1.29 is 4.79 Å². The van der Waals surface area contributed by atoms with Crippen molar-refractivity contribution in [1.29, 1.82) is 0 Å². The Morgan fingerprint density at radius 1 is 1.00 bits per heavy atom. The third-order valence-electron chi connectivity index (χ3n) is 4.74. The molecule has 1 fully saturated rings. The maximum atomic E-state index is 12.3. The molecule has 0 unspecified atom stereocenters. The molecule has 24 heavy (non-hydrogen) atoms. The molecule has 1 aliphatic rings. The molecule has 2 aromatic rings. The minimum atomic E-state index is -0.178. The lowest BCUT2D eigenvalue weighted by molar-refractivity contribution is 0.102. The van der Waals surface area contributed by atoms with Crippen LogP contribution in [-0.4, -0.2) is 16.9 Å². The van der Waals surface area contributed by atoms with Gasteiger partial charge in [-0.3, -0.25) is 4.79 Å². The standard InChI is InChI=1S/C20H25N3O/c1-14-8-9-17(12-15(14)2)23-20(24)19-11-10-18(13-21-19)22-16-6-4-3-5-7-16/h8-13,16,22H,3-7H2,1-2H3,(H,23,24). The van der Waals surface area contributed by atoms with Crippen LogP contribution in [0, 0.1) is 13.8 Å². The van der Waals surface area contributed by atoms with E-state index in [0.29, 0.717) is 11.7 Å². The van der Waals surface area contributed by atoms with Gasteiger partial charge in [0.2, 0.25) is 0 Å². The zero-order valence-electron chi connectivity index (χ0n) is 14.4. The van der Waals surface area contributed by atoms with Gasteiger partial charge in [-0.05, 0) is 62.1 Å². The van der Waals surface area contributed by atoms with Crippen LogP contribution in [-0.2, 0) is 0 Å². The van der Waals surface area contributed by atoms with Gasteiger partial charge in [-0.25, -0.2) is 4.98 Å². The number of benzene rings is 1. The number of aryl methyl sites for hydroxylation is 2. The van der Waals surface area contributed by atoms with Gasteiger partial charge in [0.25, 0.3) is 5.91 Å². The van der Waals surface area contributed by atoms with Gasteiger partial charge in [-0.15, -0.1) is 0 Å². The van der Waals surface area contributed by atoms with Gasteiger partial charge >= 0.3 is 0 Å². The Morgan fingerprint density at radius 2 is 1.75 bits per heavy atom. The van der Waals surface area contributed by atoms with Crippen LogP contribution in [0.4, 0.5) is 11.4 Å². The van der Waals surface area contributed by atoms with E-state index in [9.17, 15) is 4.79 Å². The van der Waals surface area contributed by atoms with Gasteiger partial charge in [0.05, 0.1) is 11.9 Å². The molecule has 3 rings (SSSR count). The van der Waals surface area contributed by atoms with Gasteiger partial charge in [0, 0.05) is 11.7 Å². The molecule has 0 bridgehead atoms. The van der Waals surface area contributed by atoms with Crippen LogP contribution in [0.2, 0.25) is 0 Å². The molecule has 1 heterocycles. The average molecular weight is 323 g/mol. The lowest BCUT2D eigenvalue weighted by atomic mass is 9.95. The van der Waals surface area contributed by atoms with E-state index in [1.165, 1.54) is 37.7 Å². The number of carbonyl (C=O) groups is 1. The molecule has 1 saturated carbocycles. The maximum Gasteiger partial charge on any atom is 0.274 e. The molecular formula is C20H25N3O. The van der Waals surface area contributed by atoms with Gasteiger partial charge in [-0.1, -0.05) is 25.3 Å². The molecule has 126 valence electrons. The molecule has 1 amide bonds. The molecule has 0 saturated heterocycles. The summed E-state index contributed by atoms with van der Waals surface area (Å²) < 4.78 is 0. The van der Waals surface area contributed by atoms with E-state index in [-0.39, 0.29) is 5.91 Å². The normalized spacial score (nSPS) is 15.1. The Labute approximate surface area is 143 Å². The average Bonchev–Trinajstić information content (AvgIpc) is 2.60. The van der Waals surface area contributed by atoms with Crippen LogP contribution >= 0.6 is 0 Å². The van der Waals surface area contributed by atoms with Gasteiger partial charge in [-0.2, -0.15) is 0 Å². The van der Waals surface area contributed by atoms with E-state index >= 15 is 0 Å². The first-order valence-corrected chi connectivity index (χ1v) is 8.73. The van der Waals surface area contributed by atoms with E-state index < -0.39 is 0 Å². The zero-order chi connectivity index (χ0) is 16.9. The lowest BCUT2D eigenvalue weighted by Gasteiger charge is -2.23. The molecule has 4 heteroatoms. The van der Waals surface area contributed by atoms with E-state index in [1.807, 2.05) is 31.2 Å². The van der Waals surface area contributed by atoms with E-state index in [1.54, 1.807) is 12.3 Å². The first-order chi connectivity index (χ1) is 11.6. The molecule has 1 aromatic carbocycles. The minimum Gasteiger partial charge on any atom is -0.381 e. The summed E-state index contributed by atoms with van der Waals surface area (Å²) in [6.07, 6.45) is 8.12. The SMILES string of the molecule is Cc1ccc(NC(=O)c2ccc(NC3CCCCC3)cn2)cc1C. The van der Waals surface area contributed by atoms with Crippen molar-refractivity contribution in [1.82, 2.24) is 4.98 Å². The molecule has 0 atom stereocenters. The van der Waals surface area contributed by atoms with E-state index in [2.05, 4.69) is 22.5 Å². The first-order valence-electron chi connectivity index (χ1n) is 8.73. The van der Waals surface area contributed by atoms with E-state index in [0.717, 1.165) is 16.9 Å². The van der Waals surface area contributed by atoms with Crippen molar-refractivity contribution in [2.24, 2.45) is 0 Å². The number of rotatable bonds is 4. The largest absolute Gasteiger partial charge is 0.381 e. The Hall–Kier alpha value is -2.36. The second kappa shape index (κ2) is 7.47. The van der Waals surface area contributed by atoms with Crippen molar-refractivity contribution in [3.05, 3.63) is 53.3 Å². The van der Waals surface area contributed by atoms with Gasteiger partial charge < -0.3 is 10.6 Å². The fourth-order valence-corrected chi connectivity index (χ4v) is 3.11. The number of carbonyl (C=O) groups excluding carboxylic acids is 1. The van der Waals surface area contributed by atoms with Crippen molar-refractivity contribution in [3.63, 3.8) is 0 Å². The predicted molar refractivity (Wildman–Crippen MR) is 98.6 cm³/mol. The molecule has 0 spiro atoms. The van der Waals surface area contributed by atoms with Crippen LogP contribution in [0.3, 0.4) is 0 Å². The van der Waals surface area contributed by atoms with Crippen LogP contribution in [0.5, 0.6) is 0 Å². The molecule has 4 nitrogen and oxygen atoms in total. The Balaban J connectivity index is 1.61. The van der Waals surface area contributed by atoms with Crippen LogP contribution < -0.4 is 10.6 Å². The highest BCUT2D eigenvalue weighted by atomic mass is 16.1. The summed E-state index contributed by atoms with van der Waals surface area (Å²) in [5, 5.41) is 6.42. The summed E-state index contributed by atoms with van der Waals surface area (Å²) in [4.78, 5) is 16.6. The minimum absolute atomic E-state index is 0.178. The number of hydrogen-bond acceptors (Lipinski definition) is 3. The monoisotopic (exact) mass is 323 g/mol. The second-order valence-electron chi connectivity index (χ2n) is 6.66. The topological polar surface area (TPSA) is 54.0 Å². The maximum absolute atomic E-state index is 12.3. The third kappa shape index (κ3) is 4.13. The number of pyridine rings is 1. The molecule has 2 N–H and O–H groups in total. The predicted octanol–water partition coefficient (Wildman–Crippen LogP) is 4.70. The fraction of sp³-hybridized carbons (Fsp3) is 0.400. The molecular weight excluding hydrogens is 298 g/mol. The highest BCUT2D eigenvalue weighted by Crippen LogP contribution is 2.21. The third-order valence-corrected chi connectivity index (χ3v) is 4.74. The van der Waals surface area contributed by atoms with E-state index in [4.69, 9.17) is 0 Å².